The molecule has 4 nitrogen and oxygen atoms in total. The lowest BCUT2D eigenvalue weighted by molar-refractivity contribution is 0.550. The first-order valence-electron chi connectivity index (χ1n) is 4.59. The molecule has 0 amide bonds. The van der Waals surface area contributed by atoms with Crippen molar-refractivity contribution in [2.24, 2.45) is 0 Å². The Bertz CT molecular complexity index is 709. The third-order valence-electron chi connectivity index (χ3n) is 2.03. The van der Waals surface area contributed by atoms with Gasteiger partial charge in [0.15, 0.2) is 0 Å². The highest BCUT2D eigenvalue weighted by atomic mass is 127. The number of sulfonamides is 1. The van der Waals surface area contributed by atoms with Gasteiger partial charge in [0, 0.05) is 17.6 Å². The van der Waals surface area contributed by atoms with E-state index in [4.69, 9.17) is 11.6 Å². The van der Waals surface area contributed by atoms with Crippen LogP contribution in [0.3, 0.4) is 0 Å². The van der Waals surface area contributed by atoms with Crippen molar-refractivity contribution in [3.05, 3.63) is 40.4 Å². The van der Waals surface area contributed by atoms with Gasteiger partial charge >= 0.3 is 0 Å². The van der Waals surface area contributed by atoms with Crippen molar-refractivity contribution < 1.29 is 17.2 Å². The van der Waals surface area contributed by atoms with Crippen LogP contribution in [-0.2, 0) is 10.0 Å². The summed E-state index contributed by atoms with van der Waals surface area (Å²) in [6.07, 6.45) is 1.41. The topological polar surface area (TPSA) is 50.3 Å². The fraction of sp³-hybridized carbons (Fsp3) is 0. The van der Waals surface area contributed by atoms with Crippen molar-refractivity contribution in [2.75, 3.05) is 2.52 Å². The number of benzene rings is 1. The van der Waals surface area contributed by atoms with Crippen LogP contribution in [0, 0.1) is 11.6 Å². The number of halogens is 4. The fourth-order valence-corrected chi connectivity index (χ4v) is 4.39. The molecule has 0 radical (unpaired) electrons. The fourth-order valence-electron chi connectivity index (χ4n) is 1.19. The summed E-state index contributed by atoms with van der Waals surface area (Å²) >= 11 is 8.02. The van der Waals surface area contributed by atoms with Gasteiger partial charge in [0.25, 0.3) is 10.0 Å². The first-order valence-corrected chi connectivity index (χ1v) is 8.25. The Morgan fingerprint density at radius 2 is 2.00 bits per heavy atom. The smallest absolute Gasteiger partial charge is 0.227 e. The minimum atomic E-state index is -4.19. The van der Waals surface area contributed by atoms with Gasteiger partial charge in [-0.25, -0.2) is 22.2 Å². The predicted octanol–water partition coefficient (Wildman–Crippen LogP) is 3.62. The van der Waals surface area contributed by atoms with Crippen molar-refractivity contribution in [2.45, 2.75) is 4.90 Å². The maximum Gasteiger partial charge on any atom is 0.277 e. The average Bonchev–Trinajstić information content (AvgIpc) is 2.86. The Kier molecular flexibility index (Phi) is 4.28. The second-order valence-corrected chi connectivity index (χ2v) is 7.89. The van der Waals surface area contributed by atoms with Crippen molar-refractivity contribution >= 4 is 61.0 Å². The number of aromatic nitrogens is 1. The van der Waals surface area contributed by atoms with Crippen LogP contribution < -0.4 is 2.52 Å². The van der Waals surface area contributed by atoms with Gasteiger partial charge in [-0.1, -0.05) is 11.6 Å². The molecule has 102 valence electrons. The van der Waals surface area contributed by atoms with E-state index < -0.39 is 31.6 Å². The molecule has 2 aromatic rings. The second kappa shape index (κ2) is 5.46. The molecule has 0 saturated carbocycles. The monoisotopic (exact) mass is 436 g/mol. The largest absolute Gasteiger partial charge is 0.277 e. The van der Waals surface area contributed by atoms with E-state index >= 15 is 0 Å². The highest BCUT2D eigenvalue weighted by molar-refractivity contribution is 14.1. The number of rotatable bonds is 3. The van der Waals surface area contributed by atoms with Crippen LogP contribution in [-0.4, -0.2) is 13.4 Å². The molecule has 0 saturated heterocycles. The van der Waals surface area contributed by atoms with Crippen LogP contribution in [0.5, 0.6) is 0 Å². The zero-order valence-corrected chi connectivity index (χ0v) is 13.4. The van der Waals surface area contributed by atoms with E-state index in [0.29, 0.717) is 6.07 Å². The van der Waals surface area contributed by atoms with Crippen LogP contribution in [0.1, 0.15) is 0 Å². The van der Waals surface area contributed by atoms with Gasteiger partial charge in [0.1, 0.15) is 16.5 Å². The summed E-state index contributed by atoms with van der Waals surface area (Å²) < 4.78 is 51.8. The summed E-state index contributed by atoms with van der Waals surface area (Å²) in [5.74, 6) is -2.23. The van der Waals surface area contributed by atoms with E-state index in [-0.39, 0.29) is 5.13 Å². The molecule has 1 heterocycles. The first kappa shape index (κ1) is 14.9. The van der Waals surface area contributed by atoms with Gasteiger partial charge in [-0.15, -0.1) is 11.3 Å². The lowest BCUT2D eigenvalue weighted by atomic mass is 10.3. The molecule has 0 aliphatic carbocycles. The molecule has 19 heavy (non-hydrogen) atoms. The average molecular weight is 437 g/mol. The van der Waals surface area contributed by atoms with E-state index in [9.17, 15) is 17.2 Å². The van der Waals surface area contributed by atoms with Crippen LogP contribution >= 0.6 is 45.8 Å². The molecule has 0 aliphatic rings. The minimum Gasteiger partial charge on any atom is -0.227 e. The lowest BCUT2D eigenvalue weighted by Gasteiger charge is -2.14. The van der Waals surface area contributed by atoms with Crippen molar-refractivity contribution in [3.8, 4) is 0 Å². The van der Waals surface area contributed by atoms with Gasteiger partial charge < -0.3 is 0 Å². The molecule has 0 spiro atoms. The van der Waals surface area contributed by atoms with Crippen LogP contribution in [0.4, 0.5) is 13.9 Å². The molecular formula is C9H4ClF2IN2O2S2. The zero-order valence-electron chi connectivity index (χ0n) is 8.85. The summed E-state index contributed by atoms with van der Waals surface area (Å²) in [5.41, 5.74) is 0. The Labute approximate surface area is 130 Å². The highest BCUT2D eigenvalue weighted by Gasteiger charge is 2.29. The van der Waals surface area contributed by atoms with Gasteiger partial charge in [0.05, 0.1) is 27.9 Å². The van der Waals surface area contributed by atoms with Gasteiger partial charge in [0.2, 0.25) is 5.13 Å². The van der Waals surface area contributed by atoms with E-state index in [0.717, 1.165) is 19.9 Å². The summed E-state index contributed by atoms with van der Waals surface area (Å²) in [6, 6.07) is 1.17. The number of hydrogen-bond acceptors (Lipinski definition) is 4. The first-order chi connectivity index (χ1) is 8.84. The number of thiazole rings is 1. The Hall–Kier alpha value is -0.520. The normalized spacial score (nSPS) is 11.6. The molecule has 0 N–H and O–H groups in total. The third kappa shape index (κ3) is 2.83. The summed E-state index contributed by atoms with van der Waals surface area (Å²) in [5, 5.41) is 1.26. The molecule has 0 unspecified atom stereocenters. The van der Waals surface area contributed by atoms with E-state index in [2.05, 4.69) is 4.98 Å². The lowest BCUT2D eigenvalue weighted by Crippen LogP contribution is -2.21. The van der Waals surface area contributed by atoms with Gasteiger partial charge in [-0.3, -0.25) is 0 Å². The second-order valence-electron chi connectivity index (χ2n) is 3.23. The molecule has 10 heteroatoms. The molecule has 0 fully saturated rings. The molecular weight excluding hydrogens is 433 g/mol. The van der Waals surface area contributed by atoms with Crippen molar-refractivity contribution in [3.63, 3.8) is 0 Å². The maximum atomic E-state index is 13.6. The Balaban J connectivity index is 2.54. The summed E-state index contributed by atoms with van der Waals surface area (Å²) in [6.45, 7) is 0. The number of hydrogen-bond donors (Lipinski definition) is 0. The molecule has 1 aromatic heterocycles. The molecule has 1 aromatic carbocycles. The van der Waals surface area contributed by atoms with Crippen LogP contribution in [0.2, 0.25) is 5.02 Å². The summed E-state index contributed by atoms with van der Waals surface area (Å²) in [4.78, 5) is 3.10. The third-order valence-corrected chi connectivity index (χ3v) is 7.00. The van der Waals surface area contributed by atoms with Crippen molar-refractivity contribution in [1.29, 1.82) is 0 Å². The standard InChI is InChI=1S/C9H4ClF2IN2O2S2/c10-5-3-8(7(12)4-6(5)11)19(16,17)15(13)9-14-1-2-18-9/h1-4H. The SMILES string of the molecule is O=S(=O)(c1cc(Cl)c(F)cc1F)N(I)c1nccs1. The van der Waals surface area contributed by atoms with E-state index in [1.807, 2.05) is 0 Å². The summed E-state index contributed by atoms with van der Waals surface area (Å²) in [7, 11) is -4.19. The minimum absolute atomic E-state index is 0.153. The molecule has 2 rings (SSSR count). The van der Waals surface area contributed by atoms with E-state index in [1.165, 1.54) is 29.1 Å². The zero-order chi connectivity index (χ0) is 14.2. The predicted molar refractivity (Wildman–Crippen MR) is 77.2 cm³/mol. The Morgan fingerprint density at radius 1 is 1.32 bits per heavy atom. The Morgan fingerprint density at radius 3 is 2.58 bits per heavy atom. The van der Waals surface area contributed by atoms with Crippen LogP contribution in [0.25, 0.3) is 0 Å². The maximum absolute atomic E-state index is 13.6. The molecule has 0 atom stereocenters. The van der Waals surface area contributed by atoms with Gasteiger partial charge in [-0.2, -0.15) is 2.52 Å². The molecule has 0 aliphatic heterocycles. The number of anilines is 1. The highest BCUT2D eigenvalue weighted by Crippen LogP contribution is 2.32. The van der Waals surface area contributed by atoms with E-state index in [1.54, 1.807) is 5.38 Å². The van der Waals surface area contributed by atoms with Crippen LogP contribution in [0.15, 0.2) is 28.6 Å². The quantitative estimate of drug-likeness (QED) is 0.420. The van der Waals surface area contributed by atoms with Gasteiger partial charge in [-0.05, 0) is 6.07 Å². The number of nitrogens with zero attached hydrogens (tertiary/aromatic N) is 2. The molecule has 0 bridgehead atoms. The van der Waals surface area contributed by atoms with Crippen molar-refractivity contribution in [1.82, 2.24) is 4.98 Å².